The molecule has 0 radical (unpaired) electrons. The minimum Gasteiger partial charge on any atom is -0.198 e. The Bertz CT molecular complexity index is 170. The zero-order valence-electron chi connectivity index (χ0n) is 7.14. The van der Waals surface area contributed by atoms with E-state index < -0.39 is 8.07 Å². The fourth-order valence-corrected chi connectivity index (χ4v) is 3.12. The predicted octanol–water partition coefficient (Wildman–Crippen LogP) is 2.82. The molecule has 0 bridgehead atoms. The largest absolute Gasteiger partial charge is 0.198 e. The van der Waals surface area contributed by atoms with Crippen LogP contribution in [0.5, 0.6) is 0 Å². The van der Waals surface area contributed by atoms with Crippen LogP contribution >= 0.6 is 0 Å². The predicted molar refractivity (Wildman–Crippen MR) is 51.7 cm³/mol. The Morgan fingerprint density at radius 1 is 1.45 bits per heavy atom. The maximum Gasteiger partial charge on any atom is 0.101 e. The average molecular weight is 165 g/mol. The van der Waals surface area contributed by atoms with Crippen molar-refractivity contribution in [3.8, 4) is 6.07 Å². The smallest absolute Gasteiger partial charge is 0.101 e. The molecule has 60 valence electrons. The molecule has 0 saturated heterocycles. The van der Waals surface area contributed by atoms with Crippen LogP contribution in [0.15, 0.2) is 24.6 Å². The molecule has 1 nitrogen and oxygen atoms in total. The maximum atomic E-state index is 8.42. The fraction of sp³-hybridized carbons (Fsp3) is 0.444. The van der Waals surface area contributed by atoms with Gasteiger partial charge in [0.05, 0.1) is 6.07 Å². The van der Waals surface area contributed by atoms with Gasteiger partial charge in [-0.15, -0.1) is 13.2 Å². The van der Waals surface area contributed by atoms with Crippen LogP contribution < -0.4 is 0 Å². The summed E-state index contributed by atoms with van der Waals surface area (Å²) in [5, 5.41) is 8.42. The molecule has 0 aliphatic rings. The van der Waals surface area contributed by atoms with E-state index in [-0.39, 0.29) is 0 Å². The van der Waals surface area contributed by atoms with E-state index in [1.54, 1.807) is 0 Å². The molecule has 0 atom stereocenters. The molecule has 11 heavy (non-hydrogen) atoms. The van der Waals surface area contributed by atoms with Crippen molar-refractivity contribution in [2.24, 2.45) is 0 Å². The van der Waals surface area contributed by atoms with E-state index in [1.165, 1.54) is 0 Å². The summed E-state index contributed by atoms with van der Waals surface area (Å²) in [5.41, 5.74) is 4.05. The molecule has 0 rings (SSSR count). The summed E-state index contributed by atoms with van der Waals surface area (Å²) in [5.74, 6) is 0. The Balaban J connectivity index is 4.19. The van der Waals surface area contributed by atoms with Crippen molar-refractivity contribution in [3.63, 3.8) is 0 Å². The number of nitrogens with zero attached hydrogens (tertiary/aromatic N) is 1. The van der Waals surface area contributed by atoms with E-state index >= 15 is 0 Å². The average Bonchev–Trinajstić information content (AvgIpc) is 2.08. The van der Waals surface area contributed by atoms with E-state index in [2.05, 4.69) is 26.2 Å². The van der Waals surface area contributed by atoms with Crippen molar-refractivity contribution in [3.05, 3.63) is 24.6 Å². The molecular formula is C9H15NSi. The minimum atomic E-state index is -1.43. The number of hydrogen-bond acceptors (Lipinski definition) is 1. The normalized spacial score (nSPS) is 10.2. The van der Waals surface area contributed by atoms with Gasteiger partial charge in [0, 0.05) is 6.42 Å². The number of rotatable bonds is 5. The Morgan fingerprint density at radius 3 is 2.27 bits per heavy atom. The van der Waals surface area contributed by atoms with Gasteiger partial charge in [0.15, 0.2) is 0 Å². The second kappa shape index (κ2) is 4.92. The first-order valence-electron chi connectivity index (χ1n) is 3.89. The van der Waals surface area contributed by atoms with Gasteiger partial charge in [-0.25, -0.2) is 0 Å². The van der Waals surface area contributed by atoms with E-state index in [9.17, 15) is 0 Å². The van der Waals surface area contributed by atoms with Crippen LogP contribution in [0.3, 0.4) is 0 Å². The molecule has 2 heteroatoms. The highest BCUT2D eigenvalue weighted by atomic mass is 28.3. The molecule has 0 heterocycles. The minimum absolute atomic E-state index is 0.637. The van der Waals surface area contributed by atoms with Gasteiger partial charge in [0.1, 0.15) is 8.07 Å². The zero-order valence-corrected chi connectivity index (χ0v) is 8.14. The summed E-state index contributed by atoms with van der Waals surface area (Å²) in [6, 6.07) is 4.26. The fourth-order valence-electron chi connectivity index (χ4n) is 1.04. The molecule has 0 saturated carbocycles. The van der Waals surface area contributed by atoms with Crippen LogP contribution in [-0.4, -0.2) is 8.07 Å². The molecule has 0 fully saturated rings. The first kappa shape index (κ1) is 10.2. The van der Waals surface area contributed by atoms with Crippen LogP contribution in [0.2, 0.25) is 12.1 Å². The van der Waals surface area contributed by atoms with Crippen molar-refractivity contribution < 1.29 is 0 Å². The van der Waals surface area contributed by atoms with Gasteiger partial charge >= 0.3 is 0 Å². The van der Waals surface area contributed by atoms with Gasteiger partial charge in [-0.2, -0.15) is 5.26 Å². The molecule has 0 N–H and O–H groups in total. The monoisotopic (exact) mass is 165 g/mol. The van der Waals surface area contributed by atoms with Crippen molar-refractivity contribution in [1.82, 2.24) is 0 Å². The lowest BCUT2D eigenvalue weighted by Gasteiger charge is -2.20. The molecule has 0 aromatic heterocycles. The quantitative estimate of drug-likeness (QED) is 0.575. The van der Waals surface area contributed by atoms with Gasteiger partial charge in [-0.1, -0.05) is 24.4 Å². The Morgan fingerprint density at radius 2 is 2.00 bits per heavy atom. The van der Waals surface area contributed by atoms with Crippen LogP contribution in [0, 0.1) is 11.3 Å². The first-order chi connectivity index (χ1) is 5.24. The molecular weight excluding hydrogens is 150 g/mol. The van der Waals surface area contributed by atoms with Gasteiger partial charge in [0.25, 0.3) is 0 Å². The maximum absolute atomic E-state index is 8.42. The van der Waals surface area contributed by atoms with Gasteiger partial charge in [-0.3, -0.25) is 0 Å². The number of nitriles is 1. The zero-order chi connectivity index (χ0) is 8.74. The van der Waals surface area contributed by atoms with E-state index in [4.69, 9.17) is 5.26 Å². The highest BCUT2D eigenvalue weighted by molar-refractivity contribution is 6.88. The Hall–Kier alpha value is -0.813. The lowest BCUT2D eigenvalue weighted by atomic mass is 10.6. The second-order valence-electron chi connectivity index (χ2n) is 2.65. The van der Waals surface area contributed by atoms with Gasteiger partial charge < -0.3 is 0 Å². The van der Waals surface area contributed by atoms with Crippen LogP contribution in [-0.2, 0) is 0 Å². The third-order valence-electron chi connectivity index (χ3n) is 2.17. The molecule has 0 aliphatic heterocycles. The van der Waals surface area contributed by atoms with Gasteiger partial charge in [0.2, 0.25) is 0 Å². The van der Waals surface area contributed by atoms with E-state index in [0.717, 1.165) is 12.1 Å². The molecule has 0 aliphatic carbocycles. The summed E-state index contributed by atoms with van der Waals surface area (Å²) in [6.45, 7) is 9.76. The first-order valence-corrected chi connectivity index (χ1v) is 6.45. The van der Waals surface area contributed by atoms with Crippen molar-refractivity contribution in [1.29, 1.82) is 5.26 Å². The van der Waals surface area contributed by atoms with Crippen LogP contribution in [0.25, 0.3) is 0 Å². The third-order valence-corrected chi connectivity index (χ3v) is 6.30. The molecule has 0 aromatic carbocycles. The molecule has 0 unspecified atom stereocenters. The van der Waals surface area contributed by atoms with Crippen molar-refractivity contribution in [2.75, 3.05) is 0 Å². The topological polar surface area (TPSA) is 23.8 Å². The van der Waals surface area contributed by atoms with Crippen molar-refractivity contribution >= 4 is 8.07 Å². The van der Waals surface area contributed by atoms with Crippen LogP contribution in [0.1, 0.15) is 13.3 Å². The SMILES string of the molecule is C=C[Si](C=C)(CC)CCC#N. The highest BCUT2D eigenvalue weighted by Crippen LogP contribution is 2.19. The summed E-state index contributed by atoms with van der Waals surface area (Å²) >= 11 is 0. The summed E-state index contributed by atoms with van der Waals surface area (Å²) in [4.78, 5) is 0. The standard InChI is InChI=1S/C9H15NSi/c1-4-11(5-2,6-3)9-7-8-10/h4-5H,1-2,6-7,9H2,3H3. The van der Waals surface area contributed by atoms with Crippen LogP contribution in [0.4, 0.5) is 0 Å². The molecule has 0 spiro atoms. The van der Waals surface area contributed by atoms with Crippen molar-refractivity contribution in [2.45, 2.75) is 25.4 Å². The molecule has 0 aromatic rings. The summed E-state index contributed by atoms with van der Waals surface area (Å²) in [7, 11) is -1.43. The van der Waals surface area contributed by atoms with E-state index in [1.807, 2.05) is 11.4 Å². The summed E-state index contributed by atoms with van der Waals surface area (Å²) in [6.07, 6.45) is 0.637. The lowest BCUT2D eigenvalue weighted by Crippen LogP contribution is -2.27. The number of hydrogen-bond donors (Lipinski definition) is 0. The second-order valence-corrected chi connectivity index (χ2v) is 7.14. The summed E-state index contributed by atoms with van der Waals surface area (Å²) < 4.78 is 0. The Kier molecular flexibility index (Phi) is 4.56. The third kappa shape index (κ3) is 2.73. The van der Waals surface area contributed by atoms with E-state index in [0.29, 0.717) is 6.42 Å². The highest BCUT2D eigenvalue weighted by Gasteiger charge is 2.21. The lowest BCUT2D eigenvalue weighted by molar-refractivity contribution is 1.15. The van der Waals surface area contributed by atoms with Gasteiger partial charge in [-0.05, 0) is 6.04 Å². The molecule has 0 amide bonds. The Labute approximate surface area is 70.1 Å².